The molecule has 0 aliphatic carbocycles. The van der Waals surface area contributed by atoms with Gasteiger partial charge in [-0.1, -0.05) is 19.4 Å². The fourth-order valence-electron chi connectivity index (χ4n) is 3.60. The first kappa shape index (κ1) is 24.6. The van der Waals surface area contributed by atoms with Crippen molar-refractivity contribution in [1.82, 2.24) is 9.80 Å². The molecule has 10 heteroatoms. The third kappa shape index (κ3) is 6.05. The zero-order chi connectivity index (χ0) is 23.3. The van der Waals surface area contributed by atoms with Crippen LogP contribution in [-0.2, 0) is 10.0 Å². The van der Waals surface area contributed by atoms with Crippen LogP contribution < -0.4 is 4.72 Å². The van der Waals surface area contributed by atoms with Crippen molar-refractivity contribution in [3.63, 3.8) is 0 Å². The molecule has 0 bridgehead atoms. The minimum Gasteiger partial charge on any atom is -0.337 e. The molecule has 3 rings (SSSR count). The van der Waals surface area contributed by atoms with E-state index in [1.54, 1.807) is 17.0 Å². The van der Waals surface area contributed by atoms with Crippen molar-refractivity contribution in [2.75, 3.05) is 37.4 Å². The number of rotatable bonds is 7. The van der Waals surface area contributed by atoms with Crippen molar-refractivity contribution in [3.05, 3.63) is 58.1 Å². The van der Waals surface area contributed by atoms with Crippen LogP contribution in [0, 0.1) is 11.6 Å². The Morgan fingerprint density at radius 3 is 2.62 bits per heavy atom. The Balaban J connectivity index is 1.74. The van der Waals surface area contributed by atoms with E-state index in [9.17, 15) is 22.0 Å². The molecule has 2 aromatic carbocycles. The van der Waals surface area contributed by atoms with Crippen molar-refractivity contribution in [2.24, 2.45) is 0 Å². The lowest BCUT2D eigenvalue weighted by molar-refractivity contribution is 0.0761. The van der Waals surface area contributed by atoms with E-state index >= 15 is 0 Å². The van der Waals surface area contributed by atoms with E-state index in [1.807, 2.05) is 0 Å². The lowest BCUT2D eigenvalue weighted by Gasteiger charge is -2.22. The minimum absolute atomic E-state index is 0.0953. The van der Waals surface area contributed by atoms with Gasteiger partial charge in [0.1, 0.15) is 16.5 Å². The summed E-state index contributed by atoms with van der Waals surface area (Å²) in [6.45, 7) is 6.13. The number of hydrogen-bond donors (Lipinski definition) is 1. The van der Waals surface area contributed by atoms with Gasteiger partial charge in [-0.2, -0.15) is 0 Å². The van der Waals surface area contributed by atoms with Crippen molar-refractivity contribution in [1.29, 1.82) is 0 Å². The Kier molecular flexibility index (Phi) is 8.24. The highest BCUT2D eigenvalue weighted by atomic mass is 79.9. The molecule has 0 unspecified atom stereocenters. The Morgan fingerprint density at radius 1 is 1.09 bits per heavy atom. The second-order valence-corrected chi connectivity index (χ2v) is 10.2. The minimum atomic E-state index is -4.39. The molecule has 1 N–H and O–H groups in total. The molecule has 1 saturated heterocycles. The highest BCUT2D eigenvalue weighted by Crippen LogP contribution is 2.25. The van der Waals surface area contributed by atoms with Gasteiger partial charge in [0.15, 0.2) is 0 Å². The molecule has 0 saturated carbocycles. The van der Waals surface area contributed by atoms with Crippen LogP contribution in [0.5, 0.6) is 0 Å². The SMILES string of the molecule is CCCCN1CCCN(C(=O)c2cccc(NS(=O)(=O)c3cc(F)c(Br)cc3F)c2)CC1. The van der Waals surface area contributed by atoms with Gasteiger partial charge in [-0.3, -0.25) is 9.52 Å². The lowest BCUT2D eigenvalue weighted by atomic mass is 10.1. The van der Waals surface area contributed by atoms with Gasteiger partial charge in [-0.25, -0.2) is 17.2 Å². The maximum absolute atomic E-state index is 14.1. The third-order valence-electron chi connectivity index (χ3n) is 5.33. The molecule has 0 atom stereocenters. The van der Waals surface area contributed by atoms with Crippen molar-refractivity contribution >= 4 is 37.5 Å². The Morgan fingerprint density at radius 2 is 1.88 bits per heavy atom. The van der Waals surface area contributed by atoms with Crippen molar-refractivity contribution < 1.29 is 22.0 Å². The monoisotopic (exact) mass is 529 g/mol. The number of amides is 1. The predicted molar refractivity (Wildman–Crippen MR) is 123 cm³/mol. The number of hydrogen-bond acceptors (Lipinski definition) is 4. The highest BCUT2D eigenvalue weighted by Gasteiger charge is 2.23. The zero-order valence-electron chi connectivity index (χ0n) is 17.8. The molecule has 6 nitrogen and oxygen atoms in total. The molecular weight excluding hydrogens is 504 g/mol. The summed E-state index contributed by atoms with van der Waals surface area (Å²) < 4.78 is 55.2. The van der Waals surface area contributed by atoms with Crippen LogP contribution in [0.25, 0.3) is 0 Å². The number of nitrogens with zero attached hydrogens (tertiary/aromatic N) is 2. The van der Waals surface area contributed by atoms with E-state index < -0.39 is 26.6 Å². The van der Waals surface area contributed by atoms with Gasteiger partial charge in [0.25, 0.3) is 15.9 Å². The largest absolute Gasteiger partial charge is 0.337 e. The first-order valence-corrected chi connectivity index (χ1v) is 12.8. The molecule has 1 aliphatic rings. The summed E-state index contributed by atoms with van der Waals surface area (Å²) in [7, 11) is -4.39. The summed E-state index contributed by atoms with van der Waals surface area (Å²) >= 11 is 2.82. The van der Waals surface area contributed by atoms with Crippen LogP contribution in [0.15, 0.2) is 45.8 Å². The normalized spacial score (nSPS) is 15.4. The topological polar surface area (TPSA) is 69.7 Å². The number of carbonyl (C=O) groups is 1. The summed E-state index contributed by atoms with van der Waals surface area (Å²) in [5.41, 5.74) is 0.424. The molecule has 0 spiro atoms. The highest BCUT2D eigenvalue weighted by molar-refractivity contribution is 9.10. The van der Waals surface area contributed by atoms with Crippen LogP contribution in [-0.4, -0.2) is 56.8 Å². The van der Waals surface area contributed by atoms with Crippen LogP contribution in [0.4, 0.5) is 14.5 Å². The summed E-state index contributed by atoms with van der Waals surface area (Å²) in [5, 5.41) is 0. The van der Waals surface area contributed by atoms with Gasteiger partial charge in [0.2, 0.25) is 0 Å². The van der Waals surface area contributed by atoms with Gasteiger partial charge in [0, 0.05) is 30.9 Å². The fraction of sp³-hybridized carbons (Fsp3) is 0.409. The van der Waals surface area contributed by atoms with E-state index in [1.165, 1.54) is 12.1 Å². The molecule has 1 fully saturated rings. The van der Waals surface area contributed by atoms with Gasteiger partial charge < -0.3 is 9.80 Å². The number of halogens is 3. The maximum Gasteiger partial charge on any atom is 0.264 e. The second-order valence-electron chi connectivity index (χ2n) is 7.72. The van der Waals surface area contributed by atoms with E-state index in [2.05, 4.69) is 32.5 Å². The summed E-state index contributed by atoms with van der Waals surface area (Å²) in [6.07, 6.45) is 3.12. The summed E-state index contributed by atoms with van der Waals surface area (Å²) in [5.74, 6) is -2.18. The Bertz CT molecular complexity index is 1080. The molecule has 1 amide bonds. The number of sulfonamides is 1. The molecule has 1 aliphatic heterocycles. The average molecular weight is 530 g/mol. The summed E-state index contributed by atoms with van der Waals surface area (Å²) in [4.78, 5) is 16.3. The average Bonchev–Trinajstić information content (AvgIpc) is 2.99. The summed E-state index contributed by atoms with van der Waals surface area (Å²) in [6, 6.07) is 7.39. The molecular formula is C22H26BrF2N3O3S. The predicted octanol–water partition coefficient (Wildman–Crippen LogP) is 4.48. The van der Waals surface area contributed by atoms with E-state index in [0.717, 1.165) is 45.0 Å². The molecule has 174 valence electrons. The van der Waals surface area contributed by atoms with Crippen LogP contribution in [0.3, 0.4) is 0 Å². The fourth-order valence-corrected chi connectivity index (χ4v) is 5.03. The Labute approximate surface area is 195 Å². The second kappa shape index (κ2) is 10.7. The lowest BCUT2D eigenvalue weighted by Crippen LogP contribution is -2.35. The number of unbranched alkanes of at least 4 members (excludes halogenated alkanes) is 1. The van der Waals surface area contributed by atoms with E-state index in [-0.39, 0.29) is 16.1 Å². The third-order valence-corrected chi connectivity index (χ3v) is 7.33. The number of carbonyl (C=O) groups excluding carboxylic acids is 1. The van der Waals surface area contributed by atoms with Gasteiger partial charge in [-0.05, 0) is 72.2 Å². The van der Waals surface area contributed by atoms with Gasteiger partial charge >= 0.3 is 0 Å². The smallest absolute Gasteiger partial charge is 0.264 e. The number of anilines is 1. The molecule has 2 aromatic rings. The quantitative estimate of drug-likeness (QED) is 0.537. The van der Waals surface area contributed by atoms with Crippen molar-refractivity contribution in [3.8, 4) is 0 Å². The van der Waals surface area contributed by atoms with Crippen molar-refractivity contribution in [2.45, 2.75) is 31.1 Å². The standard InChI is InChI=1S/C22H26BrF2N3O3S/c1-2-3-8-27-9-5-10-28(12-11-27)22(29)16-6-4-7-17(13-16)26-32(30,31)21-15-19(24)18(23)14-20(21)25/h4,6-7,13-15,26H,2-3,5,8-12H2,1H3. The van der Waals surface area contributed by atoms with Crippen LogP contribution >= 0.6 is 15.9 Å². The number of benzene rings is 2. The maximum atomic E-state index is 14.1. The zero-order valence-corrected chi connectivity index (χ0v) is 20.2. The van der Waals surface area contributed by atoms with Crippen LogP contribution in [0.1, 0.15) is 36.5 Å². The van der Waals surface area contributed by atoms with E-state index in [0.29, 0.717) is 24.7 Å². The number of nitrogens with one attached hydrogen (secondary N) is 1. The Hall–Kier alpha value is -2.04. The molecule has 1 heterocycles. The van der Waals surface area contributed by atoms with Gasteiger partial charge in [0.05, 0.1) is 4.47 Å². The van der Waals surface area contributed by atoms with E-state index in [4.69, 9.17) is 0 Å². The molecule has 0 aromatic heterocycles. The molecule has 0 radical (unpaired) electrons. The van der Waals surface area contributed by atoms with Crippen LogP contribution in [0.2, 0.25) is 0 Å². The first-order chi connectivity index (χ1) is 15.2. The van der Waals surface area contributed by atoms with Gasteiger partial charge in [-0.15, -0.1) is 0 Å². The first-order valence-electron chi connectivity index (χ1n) is 10.5. The molecule has 32 heavy (non-hydrogen) atoms.